The van der Waals surface area contributed by atoms with Gasteiger partial charge in [0.2, 0.25) is 0 Å². The van der Waals surface area contributed by atoms with E-state index < -0.39 is 64.4 Å². The van der Waals surface area contributed by atoms with E-state index in [0.717, 1.165) is 103 Å². The molecule has 0 rings (SSSR count). The number of hydrogen-bond donors (Lipinski definition) is 2. The van der Waals surface area contributed by atoms with E-state index in [9.17, 15) is 28.9 Å². The summed E-state index contributed by atoms with van der Waals surface area (Å²) in [6, 6.07) is 0. The Morgan fingerprint density at radius 3 is 1.22 bits per heavy atom. The number of phosphoric acid groups is 1. The minimum atomic E-state index is -4.79. The quantitative estimate of drug-likeness (QED) is 0.0197. The highest BCUT2D eigenvalue weighted by atomic mass is 31.2. The number of hydrogen-bond acceptors (Lipinski definition) is 10. The Hall–Kier alpha value is -4.64. The molecule has 2 N–H and O–H groups in total. The summed E-state index contributed by atoms with van der Waals surface area (Å²) in [5, 5.41) is 9.78. The number of aliphatic hydroxyl groups is 1. The van der Waals surface area contributed by atoms with E-state index in [1.54, 1.807) is 0 Å². The molecule has 0 amide bonds. The molecule has 3 atom stereocenters. The lowest BCUT2D eigenvalue weighted by atomic mass is 10.1. The van der Waals surface area contributed by atoms with Crippen molar-refractivity contribution in [2.45, 2.75) is 200 Å². The highest BCUT2D eigenvalue weighted by Crippen LogP contribution is 2.43. The lowest BCUT2D eigenvalue weighted by molar-refractivity contribution is -0.161. The zero-order valence-corrected chi connectivity index (χ0v) is 46.6. The van der Waals surface area contributed by atoms with Crippen LogP contribution in [0.25, 0.3) is 0 Å². The third kappa shape index (κ3) is 52.2. The van der Waals surface area contributed by atoms with Gasteiger partial charge in [0.15, 0.2) is 6.10 Å². The van der Waals surface area contributed by atoms with Crippen LogP contribution in [0.5, 0.6) is 0 Å². The van der Waals surface area contributed by atoms with E-state index in [0.29, 0.717) is 32.1 Å². The van der Waals surface area contributed by atoms with Gasteiger partial charge in [-0.25, -0.2) is 4.57 Å². The molecule has 0 aromatic rings. The molecule has 0 aromatic carbocycles. The average Bonchev–Trinajstić information content (AvgIpc) is 3.39. The Kier molecular flexibility index (Phi) is 51.2. The van der Waals surface area contributed by atoms with Crippen molar-refractivity contribution in [2.75, 3.05) is 26.4 Å². The zero-order chi connectivity index (χ0) is 54.1. The van der Waals surface area contributed by atoms with Crippen LogP contribution in [-0.2, 0) is 42.2 Å². The molecule has 0 aliphatic heterocycles. The van der Waals surface area contributed by atoms with Crippen LogP contribution >= 0.6 is 7.82 Å². The van der Waals surface area contributed by atoms with Crippen molar-refractivity contribution in [3.63, 3.8) is 0 Å². The summed E-state index contributed by atoms with van der Waals surface area (Å²) < 4.78 is 39.3. The Bertz CT molecular complexity index is 1800. The normalized spacial score (nSPS) is 14.5. The summed E-state index contributed by atoms with van der Waals surface area (Å²) in [6.07, 6.45) is 69.8. The molecule has 11 nitrogen and oxygen atoms in total. The maximum Gasteiger partial charge on any atom is 0.472 e. The number of unbranched alkanes of at least 4 members (excludes halogenated alkanes) is 8. The second kappa shape index (κ2) is 54.6. The zero-order valence-electron chi connectivity index (χ0n) is 45.7. The molecule has 0 aliphatic rings. The van der Waals surface area contributed by atoms with Crippen LogP contribution in [0.2, 0.25) is 0 Å². The Morgan fingerprint density at radius 2 is 0.743 bits per heavy atom. The third-order valence-electron chi connectivity index (χ3n) is 10.7. The first kappa shape index (κ1) is 69.4. The molecular weight excluding hydrogens is 952 g/mol. The van der Waals surface area contributed by atoms with Crippen molar-refractivity contribution in [2.24, 2.45) is 0 Å². The summed E-state index contributed by atoms with van der Waals surface area (Å²) in [6.45, 7) is 4.18. The van der Waals surface area contributed by atoms with Crippen LogP contribution in [-0.4, -0.2) is 66.5 Å². The summed E-state index contributed by atoms with van der Waals surface area (Å²) in [5.41, 5.74) is 0. The maximum atomic E-state index is 12.9. The summed E-state index contributed by atoms with van der Waals surface area (Å²) >= 11 is 0. The summed E-state index contributed by atoms with van der Waals surface area (Å²) in [4.78, 5) is 48.4. The second-order valence-electron chi connectivity index (χ2n) is 17.6. The number of carbonyl (C=O) groups excluding carboxylic acids is 3. The molecular formula is C62H97O11P. The van der Waals surface area contributed by atoms with E-state index in [1.165, 1.54) is 12.8 Å². The highest BCUT2D eigenvalue weighted by molar-refractivity contribution is 7.47. The molecule has 0 heterocycles. The lowest BCUT2D eigenvalue weighted by Crippen LogP contribution is -2.30. The first-order chi connectivity index (χ1) is 36.2. The van der Waals surface area contributed by atoms with Gasteiger partial charge in [-0.3, -0.25) is 23.4 Å². The summed E-state index contributed by atoms with van der Waals surface area (Å²) in [5.74, 6) is -1.67. The molecule has 0 saturated carbocycles. The smallest absolute Gasteiger partial charge is 0.462 e. The fourth-order valence-corrected chi connectivity index (χ4v) is 7.36. The van der Waals surface area contributed by atoms with Crippen molar-refractivity contribution in [1.82, 2.24) is 0 Å². The second-order valence-corrected chi connectivity index (χ2v) is 19.1. The largest absolute Gasteiger partial charge is 0.472 e. The topological polar surface area (TPSA) is 155 Å². The number of rotatable bonds is 49. The van der Waals surface area contributed by atoms with Crippen LogP contribution in [0, 0.1) is 0 Å². The molecule has 3 unspecified atom stereocenters. The van der Waals surface area contributed by atoms with Crippen LogP contribution in [0.3, 0.4) is 0 Å². The van der Waals surface area contributed by atoms with Crippen molar-refractivity contribution in [1.29, 1.82) is 0 Å². The predicted molar refractivity (Wildman–Crippen MR) is 306 cm³/mol. The Labute approximate surface area is 448 Å². The van der Waals surface area contributed by atoms with Gasteiger partial charge >= 0.3 is 25.7 Å². The van der Waals surface area contributed by atoms with Gasteiger partial charge in [0.1, 0.15) is 12.7 Å². The van der Waals surface area contributed by atoms with E-state index in [1.807, 2.05) is 24.3 Å². The van der Waals surface area contributed by atoms with Crippen LogP contribution in [0.1, 0.15) is 188 Å². The van der Waals surface area contributed by atoms with Gasteiger partial charge in [0, 0.05) is 19.3 Å². The maximum absolute atomic E-state index is 12.9. The third-order valence-corrected chi connectivity index (χ3v) is 11.7. The Balaban J connectivity index is 4.97. The average molecular weight is 1050 g/mol. The van der Waals surface area contributed by atoms with Crippen molar-refractivity contribution >= 4 is 25.7 Å². The highest BCUT2D eigenvalue weighted by Gasteiger charge is 2.28. The van der Waals surface area contributed by atoms with Crippen molar-refractivity contribution < 1.29 is 52.2 Å². The number of ether oxygens (including phenoxy) is 3. The fraction of sp³-hybridized carbons (Fsp3) is 0.565. The Morgan fingerprint density at radius 1 is 0.392 bits per heavy atom. The van der Waals surface area contributed by atoms with Gasteiger partial charge in [0.05, 0.1) is 19.8 Å². The molecule has 0 spiro atoms. The number of aliphatic hydroxyl groups excluding tert-OH is 1. The van der Waals surface area contributed by atoms with Gasteiger partial charge in [-0.15, -0.1) is 0 Å². The first-order valence-electron chi connectivity index (χ1n) is 27.7. The first-order valence-corrected chi connectivity index (χ1v) is 29.2. The minimum Gasteiger partial charge on any atom is -0.462 e. The SMILES string of the molecule is CC/C=C\C/C=C\C/C=C\C/C=C\C/C=C\C/C=C\CCC(=O)OC(COC(=O)CCC/C=C\C/C=C\C/C=C\C/C=C\C/C=C\CC)COP(=O)(O)OCC(CO)OC(=O)CCCCCCC/C=C\CCCC. The van der Waals surface area contributed by atoms with E-state index >= 15 is 0 Å². The van der Waals surface area contributed by atoms with Crippen molar-refractivity contribution in [3.8, 4) is 0 Å². The van der Waals surface area contributed by atoms with E-state index in [2.05, 4.69) is 142 Å². The molecule has 0 saturated heterocycles. The standard InChI is InChI=1S/C62H97O11P/c1-4-7-10-13-16-19-22-24-26-28-29-31-33-35-38-41-44-47-50-53-62(66)73-59(55-69-60(64)51-48-45-42-39-37-34-32-30-27-25-23-20-17-14-11-8-5-2)57-71-74(67,68)70-56-58(54-63)72-61(65)52-49-46-43-40-36-21-18-15-12-9-6-3/h7-8,10-11,15-20,24-27,29,31-32,34-35,38-39,42,44,47,58-59,63H,4-6,9,12-14,21-23,28,30,33,36-37,40-41,43,45-46,48-57H2,1-3H3,(H,67,68)/b10-7-,11-8-,18-15-,19-16-,20-17-,26-24-,27-25-,31-29-,34-32-,38-35-,42-39-,47-44-. The van der Waals surface area contributed by atoms with Crippen molar-refractivity contribution in [3.05, 3.63) is 146 Å². The van der Waals surface area contributed by atoms with Gasteiger partial charge in [-0.1, -0.05) is 199 Å². The molecule has 0 aromatic heterocycles. The number of phosphoric ester groups is 1. The fourth-order valence-electron chi connectivity index (χ4n) is 6.57. The molecule has 74 heavy (non-hydrogen) atoms. The number of esters is 3. The minimum absolute atomic E-state index is 0.0213. The van der Waals surface area contributed by atoms with Crippen LogP contribution in [0.4, 0.5) is 0 Å². The van der Waals surface area contributed by atoms with Crippen LogP contribution in [0.15, 0.2) is 146 Å². The van der Waals surface area contributed by atoms with E-state index in [-0.39, 0.29) is 19.3 Å². The molecule has 0 fully saturated rings. The predicted octanol–water partition coefficient (Wildman–Crippen LogP) is 16.4. The van der Waals surface area contributed by atoms with E-state index in [4.69, 9.17) is 23.3 Å². The number of allylic oxidation sites excluding steroid dienone is 24. The molecule has 0 aliphatic carbocycles. The molecule has 0 bridgehead atoms. The number of carbonyl (C=O) groups is 3. The van der Waals surface area contributed by atoms with Gasteiger partial charge < -0.3 is 24.2 Å². The lowest BCUT2D eigenvalue weighted by Gasteiger charge is -2.21. The van der Waals surface area contributed by atoms with Gasteiger partial charge in [-0.05, 0) is 116 Å². The molecule has 0 radical (unpaired) electrons. The molecule has 416 valence electrons. The van der Waals surface area contributed by atoms with Gasteiger partial charge in [0.25, 0.3) is 0 Å². The van der Waals surface area contributed by atoms with Crippen LogP contribution < -0.4 is 0 Å². The molecule has 12 heteroatoms. The van der Waals surface area contributed by atoms with Gasteiger partial charge in [-0.2, -0.15) is 0 Å². The monoisotopic (exact) mass is 1050 g/mol. The summed E-state index contributed by atoms with van der Waals surface area (Å²) in [7, 11) is -4.79.